The Kier molecular flexibility index (Phi) is 12.0. The summed E-state index contributed by atoms with van der Waals surface area (Å²) in [6.45, 7) is 1.04. The zero-order valence-corrected chi connectivity index (χ0v) is 19.4. The topological polar surface area (TPSA) is 152 Å². The molecule has 10 heteroatoms. The van der Waals surface area contributed by atoms with Gasteiger partial charge in [0.2, 0.25) is 11.9 Å². The van der Waals surface area contributed by atoms with Crippen molar-refractivity contribution >= 4 is 23.3 Å². The number of guanidine groups is 2. The van der Waals surface area contributed by atoms with Crippen LogP contribution >= 0.6 is 0 Å². The first-order valence-corrected chi connectivity index (χ1v) is 11.5. The van der Waals surface area contributed by atoms with Gasteiger partial charge in [0.15, 0.2) is 12.4 Å². The van der Waals surface area contributed by atoms with Crippen molar-refractivity contribution in [2.75, 3.05) is 23.7 Å². The standard InChI is InChI=1S/C24H32N10/c25-19-33(23(27)31-21-11-9-13-29-17-21)15-7-5-3-1-2-4-6-8-16-34(20-26)24(28)32-22-12-10-14-30-18-22/h9-14,17-18H,1-8,15-16H2,(H2,27,31)(H2,28,32). The van der Waals surface area contributed by atoms with Crippen LogP contribution < -0.4 is 10.6 Å². The lowest BCUT2D eigenvalue weighted by Gasteiger charge is -2.17. The summed E-state index contributed by atoms with van der Waals surface area (Å²) < 4.78 is 0. The summed E-state index contributed by atoms with van der Waals surface area (Å²) >= 11 is 0. The van der Waals surface area contributed by atoms with E-state index in [2.05, 4.69) is 33.0 Å². The van der Waals surface area contributed by atoms with Crippen LogP contribution in [0.3, 0.4) is 0 Å². The van der Waals surface area contributed by atoms with Gasteiger partial charge in [-0.2, -0.15) is 10.5 Å². The third-order valence-corrected chi connectivity index (χ3v) is 5.14. The second-order valence-electron chi connectivity index (χ2n) is 7.76. The second-order valence-corrected chi connectivity index (χ2v) is 7.76. The van der Waals surface area contributed by atoms with E-state index in [0.717, 1.165) is 51.4 Å². The number of aromatic nitrogens is 2. The van der Waals surface area contributed by atoms with E-state index in [9.17, 15) is 10.5 Å². The van der Waals surface area contributed by atoms with Gasteiger partial charge in [-0.15, -0.1) is 0 Å². The molecule has 34 heavy (non-hydrogen) atoms. The molecule has 0 unspecified atom stereocenters. The van der Waals surface area contributed by atoms with Gasteiger partial charge < -0.3 is 10.6 Å². The van der Waals surface area contributed by atoms with E-state index in [1.165, 1.54) is 9.80 Å². The summed E-state index contributed by atoms with van der Waals surface area (Å²) in [5.74, 6) is 0.122. The molecule has 0 atom stereocenters. The number of pyridine rings is 2. The fraction of sp³-hybridized carbons (Fsp3) is 0.417. The number of hydrogen-bond donors (Lipinski definition) is 4. The minimum atomic E-state index is 0.0608. The van der Waals surface area contributed by atoms with Crippen LogP contribution in [-0.2, 0) is 0 Å². The fourth-order valence-corrected chi connectivity index (χ4v) is 3.31. The Bertz CT molecular complexity index is 870. The smallest absolute Gasteiger partial charge is 0.209 e. The van der Waals surface area contributed by atoms with Crippen LogP contribution in [0.15, 0.2) is 49.1 Å². The highest BCUT2D eigenvalue weighted by atomic mass is 15.3. The third kappa shape index (κ3) is 9.96. The van der Waals surface area contributed by atoms with E-state index in [1.807, 2.05) is 0 Å². The highest BCUT2D eigenvalue weighted by Gasteiger charge is 2.10. The zero-order chi connectivity index (χ0) is 24.4. The average molecular weight is 461 g/mol. The number of nitrogens with zero attached hydrogens (tertiary/aromatic N) is 6. The quantitative estimate of drug-likeness (QED) is 0.112. The summed E-state index contributed by atoms with van der Waals surface area (Å²) in [4.78, 5) is 10.7. The van der Waals surface area contributed by atoms with Gasteiger partial charge in [0.05, 0.1) is 23.8 Å². The Balaban J connectivity index is 1.49. The van der Waals surface area contributed by atoms with Crippen molar-refractivity contribution < 1.29 is 0 Å². The average Bonchev–Trinajstić information content (AvgIpc) is 2.86. The number of unbranched alkanes of at least 4 members (excludes halogenated alkanes) is 7. The van der Waals surface area contributed by atoms with Gasteiger partial charge in [-0.05, 0) is 37.1 Å². The Morgan fingerprint density at radius 1 is 0.706 bits per heavy atom. The number of nitrogens with one attached hydrogen (secondary N) is 4. The number of hydrogen-bond acceptors (Lipinski definition) is 6. The minimum Gasteiger partial charge on any atom is -0.324 e. The molecule has 4 N–H and O–H groups in total. The van der Waals surface area contributed by atoms with E-state index in [0.29, 0.717) is 24.5 Å². The SMILES string of the molecule is N#CN(CCCCCCCCCCN(C#N)C(=N)Nc1cccnc1)C(=N)Nc1cccnc1. The molecule has 10 nitrogen and oxygen atoms in total. The van der Waals surface area contributed by atoms with Crippen molar-refractivity contribution in [1.29, 1.82) is 21.3 Å². The van der Waals surface area contributed by atoms with E-state index in [1.54, 1.807) is 49.1 Å². The summed E-state index contributed by atoms with van der Waals surface area (Å²) in [5.41, 5.74) is 1.37. The van der Waals surface area contributed by atoms with E-state index >= 15 is 0 Å². The van der Waals surface area contributed by atoms with Crippen LogP contribution in [0.4, 0.5) is 11.4 Å². The first-order valence-electron chi connectivity index (χ1n) is 11.5. The second kappa shape index (κ2) is 15.6. The molecule has 2 heterocycles. The molecule has 2 aromatic heterocycles. The molecule has 2 rings (SSSR count). The first kappa shape index (κ1) is 26.1. The van der Waals surface area contributed by atoms with E-state index in [4.69, 9.17) is 10.8 Å². The van der Waals surface area contributed by atoms with Gasteiger partial charge in [-0.1, -0.05) is 38.5 Å². The van der Waals surface area contributed by atoms with Crippen LogP contribution in [0.2, 0.25) is 0 Å². The zero-order valence-electron chi connectivity index (χ0n) is 19.4. The number of nitriles is 2. The molecule has 0 aromatic carbocycles. The highest BCUT2D eigenvalue weighted by Crippen LogP contribution is 2.11. The van der Waals surface area contributed by atoms with Gasteiger partial charge in [0.1, 0.15) is 0 Å². The van der Waals surface area contributed by atoms with Crippen molar-refractivity contribution in [1.82, 2.24) is 19.8 Å². The van der Waals surface area contributed by atoms with E-state index in [-0.39, 0.29) is 11.9 Å². The highest BCUT2D eigenvalue weighted by molar-refractivity contribution is 5.92. The van der Waals surface area contributed by atoms with Gasteiger partial charge in [0, 0.05) is 25.5 Å². The molecule has 0 bridgehead atoms. The maximum absolute atomic E-state index is 9.30. The summed E-state index contributed by atoms with van der Waals surface area (Å²) in [6, 6.07) is 7.16. The Hall–Kier alpha value is -4.18. The van der Waals surface area contributed by atoms with Crippen molar-refractivity contribution in [2.45, 2.75) is 51.4 Å². The summed E-state index contributed by atoms with van der Waals surface area (Å²) in [7, 11) is 0. The van der Waals surface area contributed by atoms with E-state index < -0.39 is 0 Å². The lowest BCUT2D eigenvalue weighted by atomic mass is 10.1. The summed E-state index contributed by atoms with van der Waals surface area (Å²) in [5, 5.41) is 40.5. The molecule has 0 saturated heterocycles. The molecular weight excluding hydrogens is 428 g/mol. The Morgan fingerprint density at radius 2 is 1.09 bits per heavy atom. The lowest BCUT2D eigenvalue weighted by Crippen LogP contribution is -2.32. The largest absolute Gasteiger partial charge is 0.324 e. The van der Waals surface area contributed by atoms with Crippen LogP contribution in [0.5, 0.6) is 0 Å². The first-order chi connectivity index (χ1) is 16.6. The molecule has 2 aromatic rings. The molecule has 0 spiro atoms. The van der Waals surface area contributed by atoms with Gasteiger partial charge in [0.25, 0.3) is 0 Å². The van der Waals surface area contributed by atoms with Crippen LogP contribution in [0, 0.1) is 33.7 Å². The van der Waals surface area contributed by atoms with Crippen LogP contribution in [-0.4, -0.2) is 44.8 Å². The number of anilines is 2. The molecule has 0 fully saturated rings. The minimum absolute atomic E-state index is 0.0608. The molecule has 0 aliphatic carbocycles. The molecule has 178 valence electrons. The summed E-state index contributed by atoms with van der Waals surface area (Å²) in [6.07, 6.45) is 18.8. The Morgan fingerprint density at radius 3 is 1.41 bits per heavy atom. The maximum atomic E-state index is 9.30. The molecule has 0 amide bonds. The molecular formula is C24H32N10. The van der Waals surface area contributed by atoms with Crippen molar-refractivity contribution in [3.63, 3.8) is 0 Å². The van der Waals surface area contributed by atoms with Crippen LogP contribution in [0.25, 0.3) is 0 Å². The normalized spacial score (nSPS) is 9.94. The maximum Gasteiger partial charge on any atom is 0.209 e. The fourth-order valence-electron chi connectivity index (χ4n) is 3.31. The molecule has 0 aliphatic heterocycles. The van der Waals surface area contributed by atoms with Gasteiger partial charge in [-0.3, -0.25) is 20.8 Å². The van der Waals surface area contributed by atoms with Gasteiger partial charge >= 0.3 is 0 Å². The molecule has 0 radical (unpaired) electrons. The molecule has 0 aliphatic rings. The lowest BCUT2D eigenvalue weighted by molar-refractivity contribution is 0.489. The third-order valence-electron chi connectivity index (χ3n) is 5.14. The monoisotopic (exact) mass is 460 g/mol. The predicted octanol–water partition coefficient (Wildman–Crippen LogP) is 4.56. The van der Waals surface area contributed by atoms with Crippen LogP contribution in [0.1, 0.15) is 51.4 Å². The van der Waals surface area contributed by atoms with Crippen molar-refractivity contribution in [3.8, 4) is 12.4 Å². The molecule has 0 saturated carbocycles. The Labute approximate surface area is 201 Å². The van der Waals surface area contributed by atoms with Gasteiger partial charge in [-0.25, -0.2) is 9.80 Å². The predicted molar refractivity (Wildman–Crippen MR) is 133 cm³/mol. The van der Waals surface area contributed by atoms with Crippen molar-refractivity contribution in [2.24, 2.45) is 0 Å². The number of rotatable bonds is 13. The van der Waals surface area contributed by atoms with Crippen molar-refractivity contribution in [3.05, 3.63) is 49.1 Å².